The molecule has 0 fully saturated rings. The minimum Gasteiger partial charge on any atom is -0.361 e. The van der Waals surface area contributed by atoms with Gasteiger partial charge in [0.25, 0.3) is 0 Å². The number of aromatic amines is 1. The predicted octanol–water partition coefficient (Wildman–Crippen LogP) is 6.19. The Bertz CT molecular complexity index is 1280. The molecule has 8 heteroatoms. The van der Waals surface area contributed by atoms with E-state index in [0.29, 0.717) is 35.0 Å². The molecule has 36 heavy (non-hydrogen) atoms. The number of rotatable bonds is 10. The minimum atomic E-state index is -0.124. The number of nitrogens with one attached hydrogen (secondary N) is 2. The number of carbonyl (C=O) groups excluding carboxylic acids is 1. The van der Waals surface area contributed by atoms with Gasteiger partial charge in [0.15, 0.2) is 0 Å². The van der Waals surface area contributed by atoms with Crippen molar-refractivity contribution >= 4 is 11.6 Å². The molecule has 0 unspecified atom stereocenters. The number of aromatic nitrogens is 5. The van der Waals surface area contributed by atoms with Crippen molar-refractivity contribution < 1.29 is 9.32 Å². The topological polar surface area (TPSA) is 110 Å². The summed E-state index contributed by atoms with van der Waals surface area (Å²) in [5, 5.41) is 21.8. The van der Waals surface area contributed by atoms with E-state index in [1.807, 2.05) is 31.2 Å². The highest BCUT2D eigenvalue weighted by molar-refractivity contribution is 5.94. The van der Waals surface area contributed by atoms with Crippen molar-refractivity contribution in [1.29, 1.82) is 0 Å². The zero-order valence-corrected chi connectivity index (χ0v) is 21.6. The third-order valence-corrected chi connectivity index (χ3v) is 6.12. The molecule has 8 nitrogen and oxygen atoms in total. The summed E-state index contributed by atoms with van der Waals surface area (Å²) < 4.78 is 5.14. The van der Waals surface area contributed by atoms with E-state index in [9.17, 15) is 4.79 Å². The summed E-state index contributed by atoms with van der Waals surface area (Å²) in [7, 11) is 0. The van der Waals surface area contributed by atoms with Crippen molar-refractivity contribution in [3.8, 4) is 22.5 Å². The summed E-state index contributed by atoms with van der Waals surface area (Å²) in [6, 6.07) is 16.1. The second kappa shape index (κ2) is 11.3. The van der Waals surface area contributed by atoms with Crippen LogP contribution in [0.15, 0.2) is 53.1 Å². The number of amides is 1. The van der Waals surface area contributed by atoms with Crippen LogP contribution in [0.3, 0.4) is 0 Å². The van der Waals surface area contributed by atoms with E-state index in [0.717, 1.165) is 40.8 Å². The Morgan fingerprint density at radius 2 is 1.72 bits per heavy atom. The number of carbonyl (C=O) groups is 1. The van der Waals surface area contributed by atoms with Crippen LogP contribution in [0, 0.1) is 18.8 Å². The van der Waals surface area contributed by atoms with Crippen LogP contribution in [-0.4, -0.2) is 31.7 Å². The van der Waals surface area contributed by atoms with Gasteiger partial charge in [-0.05, 0) is 65.5 Å². The van der Waals surface area contributed by atoms with Crippen LogP contribution in [-0.2, 0) is 11.2 Å². The largest absolute Gasteiger partial charge is 0.361 e. The summed E-state index contributed by atoms with van der Waals surface area (Å²) in [5.74, 6) is 2.49. The van der Waals surface area contributed by atoms with E-state index in [-0.39, 0.29) is 12.3 Å². The predicted molar refractivity (Wildman–Crippen MR) is 140 cm³/mol. The second-order valence-corrected chi connectivity index (χ2v) is 10.2. The molecular formula is C28H34N6O2. The molecule has 0 saturated carbocycles. The summed E-state index contributed by atoms with van der Waals surface area (Å²) >= 11 is 0. The number of anilines is 1. The number of benzene rings is 2. The molecule has 0 aliphatic heterocycles. The highest BCUT2D eigenvalue weighted by Gasteiger charge is 2.21. The molecule has 0 saturated heterocycles. The average molecular weight is 487 g/mol. The Kier molecular flexibility index (Phi) is 7.93. The van der Waals surface area contributed by atoms with Crippen molar-refractivity contribution in [2.24, 2.45) is 11.8 Å². The fourth-order valence-corrected chi connectivity index (χ4v) is 4.74. The first kappa shape index (κ1) is 25.3. The lowest BCUT2D eigenvalue weighted by Gasteiger charge is -2.25. The normalized spacial score (nSPS) is 11.6. The quantitative estimate of drug-likeness (QED) is 0.277. The van der Waals surface area contributed by atoms with Crippen molar-refractivity contribution in [3.05, 3.63) is 65.5 Å². The first-order chi connectivity index (χ1) is 17.3. The minimum absolute atomic E-state index is 0.124. The maximum Gasteiger partial charge on any atom is 0.230 e. The smallest absolute Gasteiger partial charge is 0.230 e. The van der Waals surface area contributed by atoms with E-state index in [4.69, 9.17) is 4.52 Å². The fourth-order valence-electron chi connectivity index (χ4n) is 4.74. The second-order valence-electron chi connectivity index (χ2n) is 10.2. The monoisotopic (exact) mass is 486 g/mol. The number of aryl methyl sites for hydroxylation is 1. The molecule has 0 aliphatic rings. The van der Waals surface area contributed by atoms with Crippen LogP contribution >= 0.6 is 0 Å². The van der Waals surface area contributed by atoms with Crippen LogP contribution in [0.1, 0.15) is 63.5 Å². The van der Waals surface area contributed by atoms with Crippen molar-refractivity contribution in [1.82, 2.24) is 25.8 Å². The van der Waals surface area contributed by atoms with Gasteiger partial charge in [0.05, 0.1) is 12.1 Å². The Hall–Kier alpha value is -3.81. The first-order valence-electron chi connectivity index (χ1n) is 12.5. The van der Waals surface area contributed by atoms with Gasteiger partial charge in [0, 0.05) is 17.3 Å². The van der Waals surface area contributed by atoms with E-state index in [1.165, 1.54) is 0 Å². The van der Waals surface area contributed by atoms with E-state index >= 15 is 0 Å². The van der Waals surface area contributed by atoms with Crippen LogP contribution < -0.4 is 5.32 Å². The summed E-state index contributed by atoms with van der Waals surface area (Å²) in [5.41, 5.74) is 5.41. The zero-order chi connectivity index (χ0) is 25.7. The van der Waals surface area contributed by atoms with Gasteiger partial charge in [0.1, 0.15) is 5.76 Å². The van der Waals surface area contributed by atoms with E-state index in [2.05, 4.69) is 77.0 Å². The zero-order valence-electron chi connectivity index (χ0n) is 21.6. The maximum absolute atomic E-state index is 13.1. The van der Waals surface area contributed by atoms with Crippen molar-refractivity contribution in [2.45, 2.75) is 59.8 Å². The Morgan fingerprint density at radius 1 is 1.00 bits per heavy atom. The molecule has 2 heterocycles. The molecule has 4 aromatic rings. The average Bonchev–Trinajstić information content (AvgIpc) is 3.50. The SMILES string of the molecule is Cc1cc(CC(=O)Nc2cc(-c3ccccc3-c3nn[nH]n3)ccc2C(CC(C)C)CC(C)C)no1. The highest BCUT2D eigenvalue weighted by atomic mass is 16.5. The van der Waals surface area contributed by atoms with Gasteiger partial charge in [-0.2, -0.15) is 5.21 Å². The van der Waals surface area contributed by atoms with Gasteiger partial charge in [-0.1, -0.05) is 69.2 Å². The number of hydrogen-bond acceptors (Lipinski definition) is 6. The van der Waals surface area contributed by atoms with E-state index < -0.39 is 0 Å². The van der Waals surface area contributed by atoms with Crippen molar-refractivity contribution in [2.75, 3.05) is 5.32 Å². The first-order valence-corrected chi connectivity index (χ1v) is 12.5. The molecule has 2 N–H and O–H groups in total. The molecule has 0 spiro atoms. The van der Waals surface area contributed by atoms with Gasteiger partial charge in [-0.15, -0.1) is 10.2 Å². The lowest BCUT2D eigenvalue weighted by atomic mass is 9.82. The molecule has 0 radical (unpaired) electrons. The standard InChI is InChI=1S/C28H34N6O2/c1-17(2)12-21(13-18(3)4)24-11-10-20(23-8-6-7-9-25(23)28-30-33-34-31-28)15-26(24)29-27(35)16-22-14-19(5)36-32-22/h6-11,14-15,17-18,21H,12-13,16H2,1-5H3,(H,29,35)(H,30,31,33,34). The summed E-state index contributed by atoms with van der Waals surface area (Å²) in [6.07, 6.45) is 2.24. The number of nitrogens with zero attached hydrogens (tertiary/aromatic N) is 4. The molecular weight excluding hydrogens is 452 g/mol. The Morgan fingerprint density at radius 3 is 2.33 bits per heavy atom. The van der Waals surface area contributed by atoms with Gasteiger partial charge < -0.3 is 9.84 Å². The lowest BCUT2D eigenvalue weighted by Crippen LogP contribution is -2.17. The number of tetrazole rings is 1. The number of hydrogen-bond donors (Lipinski definition) is 2. The van der Waals surface area contributed by atoms with Gasteiger partial charge in [0.2, 0.25) is 11.7 Å². The number of H-pyrrole nitrogens is 1. The fraction of sp³-hybridized carbons (Fsp3) is 0.393. The maximum atomic E-state index is 13.1. The van der Waals surface area contributed by atoms with Crippen molar-refractivity contribution in [3.63, 3.8) is 0 Å². The highest BCUT2D eigenvalue weighted by Crippen LogP contribution is 2.38. The van der Waals surface area contributed by atoms with Gasteiger partial charge in [-0.25, -0.2) is 0 Å². The summed E-state index contributed by atoms with van der Waals surface area (Å²) in [4.78, 5) is 13.1. The Balaban J connectivity index is 1.75. The molecule has 0 bridgehead atoms. The molecule has 0 atom stereocenters. The molecule has 0 aliphatic carbocycles. The van der Waals surface area contributed by atoms with Gasteiger partial charge >= 0.3 is 0 Å². The Labute approximate surface area is 211 Å². The van der Waals surface area contributed by atoms with Gasteiger partial charge in [-0.3, -0.25) is 4.79 Å². The third kappa shape index (κ3) is 6.24. The van der Waals surface area contributed by atoms with E-state index in [1.54, 1.807) is 6.07 Å². The van der Waals surface area contributed by atoms with Crippen LogP contribution in [0.2, 0.25) is 0 Å². The molecule has 4 rings (SSSR count). The molecule has 2 aromatic carbocycles. The lowest BCUT2D eigenvalue weighted by molar-refractivity contribution is -0.115. The molecule has 1 amide bonds. The molecule has 2 aromatic heterocycles. The van der Waals surface area contributed by atoms with Crippen LogP contribution in [0.25, 0.3) is 22.5 Å². The molecule has 188 valence electrons. The van der Waals surface area contributed by atoms with Crippen LogP contribution in [0.5, 0.6) is 0 Å². The van der Waals surface area contributed by atoms with Crippen LogP contribution in [0.4, 0.5) is 5.69 Å². The third-order valence-electron chi connectivity index (χ3n) is 6.12. The summed E-state index contributed by atoms with van der Waals surface area (Å²) in [6.45, 7) is 10.8.